The zero-order valence-corrected chi connectivity index (χ0v) is 12.5. The first kappa shape index (κ1) is 14.8. The van der Waals surface area contributed by atoms with Crippen LogP contribution in [0.3, 0.4) is 0 Å². The molecule has 0 heterocycles. The smallest absolute Gasteiger partial charge is 0.124 e. The molecule has 1 fully saturated rings. The van der Waals surface area contributed by atoms with Crippen LogP contribution in [0.25, 0.3) is 0 Å². The molecule has 0 radical (unpaired) electrons. The second kappa shape index (κ2) is 6.71. The molecule has 0 bridgehead atoms. The van der Waals surface area contributed by atoms with Gasteiger partial charge in [0.05, 0.1) is 0 Å². The molecule has 1 aliphatic rings. The molecule has 19 heavy (non-hydrogen) atoms. The van der Waals surface area contributed by atoms with Gasteiger partial charge in [0, 0.05) is 11.1 Å². The second-order valence-electron chi connectivity index (χ2n) is 5.85. The largest absolute Gasteiger partial charge is 0.316 e. The highest BCUT2D eigenvalue weighted by Gasteiger charge is 2.25. The second-order valence-corrected chi connectivity index (χ2v) is 6.26. The van der Waals surface area contributed by atoms with Crippen LogP contribution in [0.4, 0.5) is 4.39 Å². The van der Waals surface area contributed by atoms with E-state index < -0.39 is 0 Å². The van der Waals surface area contributed by atoms with E-state index in [1.165, 1.54) is 37.8 Å². The Morgan fingerprint density at radius 2 is 2.00 bits per heavy atom. The molecule has 1 aromatic rings. The first-order valence-corrected chi connectivity index (χ1v) is 7.59. The molecule has 1 atom stereocenters. The van der Waals surface area contributed by atoms with Gasteiger partial charge in [-0.3, -0.25) is 0 Å². The Kier molecular flexibility index (Phi) is 5.23. The van der Waals surface area contributed by atoms with E-state index in [9.17, 15) is 4.39 Å². The lowest BCUT2D eigenvalue weighted by Gasteiger charge is -2.33. The van der Waals surface area contributed by atoms with Crippen molar-refractivity contribution in [3.8, 4) is 0 Å². The van der Waals surface area contributed by atoms with Gasteiger partial charge < -0.3 is 5.32 Å². The maximum atomic E-state index is 13.1. The highest BCUT2D eigenvalue weighted by atomic mass is 35.5. The molecule has 0 aromatic heterocycles. The van der Waals surface area contributed by atoms with Crippen LogP contribution in [0, 0.1) is 17.7 Å². The Bertz CT molecular complexity index is 413. The maximum Gasteiger partial charge on any atom is 0.124 e. The minimum Gasteiger partial charge on any atom is -0.316 e. The van der Waals surface area contributed by atoms with Crippen molar-refractivity contribution < 1.29 is 4.39 Å². The first-order chi connectivity index (χ1) is 9.10. The Balaban J connectivity index is 2.02. The summed E-state index contributed by atoms with van der Waals surface area (Å²) in [6.45, 7) is 2.33. The van der Waals surface area contributed by atoms with Gasteiger partial charge in [0.1, 0.15) is 5.82 Å². The molecule has 1 N–H and O–H groups in total. The van der Waals surface area contributed by atoms with E-state index in [0.717, 1.165) is 17.9 Å². The quantitative estimate of drug-likeness (QED) is 0.862. The number of hydrogen-bond donors (Lipinski definition) is 1. The zero-order chi connectivity index (χ0) is 13.8. The predicted molar refractivity (Wildman–Crippen MR) is 79.1 cm³/mol. The molecule has 3 heteroatoms. The Labute approximate surface area is 120 Å². The van der Waals surface area contributed by atoms with E-state index in [1.54, 1.807) is 0 Å². The molecule has 1 saturated carbocycles. The number of rotatable bonds is 4. The van der Waals surface area contributed by atoms with E-state index in [4.69, 9.17) is 11.6 Å². The summed E-state index contributed by atoms with van der Waals surface area (Å²) < 4.78 is 13.1. The lowest BCUT2D eigenvalue weighted by atomic mass is 9.78. The summed E-state index contributed by atoms with van der Waals surface area (Å²) in [6, 6.07) is 5.16. The minimum absolute atomic E-state index is 0.263. The van der Waals surface area contributed by atoms with Gasteiger partial charge in [-0.05, 0) is 55.8 Å². The SMILES string of the molecule is CNC(Cc1ccc(F)cc1Cl)C1CCC(C)CC1. The lowest BCUT2D eigenvalue weighted by Crippen LogP contribution is -2.37. The fraction of sp³-hybridized carbons (Fsp3) is 0.625. The third-order valence-electron chi connectivity index (χ3n) is 4.46. The molecule has 106 valence electrons. The summed E-state index contributed by atoms with van der Waals surface area (Å²) in [6.07, 6.45) is 6.09. The average molecular weight is 284 g/mol. The van der Waals surface area contributed by atoms with Crippen molar-refractivity contribution >= 4 is 11.6 Å². The van der Waals surface area contributed by atoms with E-state index in [-0.39, 0.29) is 5.82 Å². The van der Waals surface area contributed by atoms with Crippen molar-refractivity contribution in [1.29, 1.82) is 0 Å². The van der Waals surface area contributed by atoms with Crippen molar-refractivity contribution in [2.75, 3.05) is 7.05 Å². The van der Waals surface area contributed by atoms with Gasteiger partial charge in [-0.15, -0.1) is 0 Å². The molecular formula is C16H23ClFN. The van der Waals surface area contributed by atoms with Crippen molar-refractivity contribution in [2.45, 2.75) is 45.1 Å². The summed E-state index contributed by atoms with van der Waals surface area (Å²) in [5, 5.41) is 3.97. The average Bonchev–Trinajstić information content (AvgIpc) is 2.39. The van der Waals surface area contributed by atoms with Crippen molar-refractivity contribution in [3.05, 3.63) is 34.6 Å². The van der Waals surface area contributed by atoms with Gasteiger partial charge in [0.15, 0.2) is 0 Å². The van der Waals surface area contributed by atoms with Crippen LogP contribution < -0.4 is 5.32 Å². The maximum absolute atomic E-state index is 13.1. The summed E-state index contributed by atoms with van der Waals surface area (Å²) in [7, 11) is 2.01. The molecule has 0 saturated heterocycles. The molecule has 0 aliphatic heterocycles. The minimum atomic E-state index is -0.263. The lowest BCUT2D eigenvalue weighted by molar-refractivity contribution is 0.235. The molecule has 1 aliphatic carbocycles. The van der Waals surface area contributed by atoms with E-state index in [1.807, 2.05) is 13.1 Å². The van der Waals surface area contributed by atoms with Crippen LogP contribution in [-0.4, -0.2) is 13.1 Å². The van der Waals surface area contributed by atoms with Crippen molar-refractivity contribution in [3.63, 3.8) is 0 Å². The predicted octanol–water partition coefficient (Wildman–Crippen LogP) is 4.44. The zero-order valence-electron chi connectivity index (χ0n) is 11.8. The molecule has 2 rings (SSSR count). The summed E-state index contributed by atoms with van der Waals surface area (Å²) >= 11 is 6.12. The van der Waals surface area contributed by atoms with E-state index >= 15 is 0 Å². The topological polar surface area (TPSA) is 12.0 Å². The molecule has 0 amide bonds. The van der Waals surface area contributed by atoms with Crippen LogP contribution >= 0.6 is 11.6 Å². The van der Waals surface area contributed by atoms with E-state index in [2.05, 4.69) is 12.2 Å². The van der Waals surface area contributed by atoms with Crippen molar-refractivity contribution in [2.24, 2.45) is 11.8 Å². The fourth-order valence-corrected chi connectivity index (χ4v) is 3.36. The van der Waals surface area contributed by atoms with Crippen LogP contribution in [0.1, 0.15) is 38.2 Å². The van der Waals surface area contributed by atoms with Gasteiger partial charge in [0.25, 0.3) is 0 Å². The normalized spacial score (nSPS) is 25.3. The van der Waals surface area contributed by atoms with Gasteiger partial charge in [-0.2, -0.15) is 0 Å². The first-order valence-electron chi connectivity index (χ1n) is 7.21. The molecule has 1 unspecified atom stereocenters. The molecule has 1 nitrogen and oxygen atoms in total. The van der Waals surface area contributed by atoms with Crippen LogP contribution in [0.2, 0.25) is 5.02 Å². The molecule has 1 aromatic carbocycles. The van der Waals surface area contributed by atoms with Crippen LogP contribution in [0.15, 0.2) is 18.2 Å². The fourth-order valence-electron chi connectivity index (χ4n) is 3.12. The van der Waals surface area contributed by atoms with E-state index in [0.29, 0.717) is 17.0 Å². The number of hydrogen-bond acceptors (Lipinski definition) is 1. The van der Waals surface area contributed by atoms with Gasteiger partial charge in [-0.25, -0.2) is 4.39 Å². The Morgan fingerprint density at radius 1 is 1.32 bits per heavy atom. The summed E-state index contributed by atoms with van der Waals surface area (Å²) in [5.41, 5.74) is 1.04. The van der Waals surface area contributed by atoms with Gasteiger partial charge in [0.2, 0.25) is 0 Å². The number of halogens is 2. The number of nitrogens with one attached hydrogen (secondary N) is 1. The third-order valence-corrected chi connectivity index (χ3v) is 4.81. The van der Waals surface area contributed by atoms with Crippen LogP contribution in [-0.2, 0) is 6.42 Å². The third kappa shape index (κ3) is 3.93. The number of likely N-dealkylation sites (N-methyl/N-ethyl adjacent to an activating group) is 1. The van der Waals surface area contributed by atoms with Gasteiger partial charge >= 0.3 is 0 Å². The molecule has 0 spiro atoms. The van der Waals surface area contributed by atoms with Crippen molar-refractivity contribution in [1.82, 2.24) is 5.32 Å². The Hall–Kier alpha value is -0.600. The summed E-state index contributed by atoms with van der Waals surface area (Å²) in [4.78, 5) is 0. The van der Waals surface area contributed by atoms with Crippen LogP contribution in [0.5, 0.6) is 0 Å². The summed E-state index contributed by atoms with van der Waals surface area (Å²) in [5.74, 6) is 1.31. The monoisotopic (exact) mass is 283 g/mol. The number of benzene rings is 1. The Morgan fingerprint density at radius 3 is 2.58 bits per heavy atom. The highest BCUT2D eigenvalue weighted by molar-refractivity contribution is 6.31. The standard InChI is InChI=1S/C16H23ClFN/c1-11-3-5-12(6-4-11)16(19-2)9-13-7-8-14(18)10-15(13)17/h7-8,10-12,16,19H,3-6,9H2,1-2H3. The van der Waals surface area contributed by atoms with Gasteiger partial charge in [-0.1, -0.05) is 37.4 Å². The highest BCUT2D eigenvalue weighted by Crippen LogP contribution is 2.32. The molecular weight excluding hydrogens is 261 g/mol.